The minimum absolute atomic E-state index is 0.000317. The van der Waals surface area contributed by atoms with E-state index in [1.807, 2.05) is 12.2 Å². The zero-order valence-corrected chi connectivity index (χ0v) is 37.1. The Labute approximate surface area is 375 Å². The molecule has 2 saturated heterocycles. The molecule has 6 aliphatic rings. The minimum Gasteiger partial charge on any atom is -0.463 e. The average Bonchev–Trinajstić information content (AvgIpc) is 3.93. The Morgan fingerprint density at radius 2 is 1.89 bits per heavy atom. The van der Waals surface area contributed by atoms with Crippen LogP contribution in [0.15, 0.2) is 64.7 Å². The van der Waals surface area contributed by atoms with Gasteiger partial charge in [-0.1, -0.05) is 50.3 Å². The molecule has 64 heavy (non-hydrogen) atoms. The fourth-order valence-corrected chi connectivity index (χ4v) is 11.4. The molecule has 350 valence electrons. The van der Waals surface area contributed by atoms with Crippen LogP contribution in [0.2, 0.25) is 0 Å². The maximum absolute atomic E-state index is 14.8. The van der Waals surface area contributed by atoms with E-state index >= 15 is 0 Å². The molecule has 0 bridgehead atoms. The van der Waals surface area contributed by atoms with Crippen LogP contribution in [-0.2, 0) is 33.4 Å². The van der Waals surface area contributed by atoms with Gasteiger partial charge in [0.25, 0.3) is 0 Å². The quantitative estimate of drug-likeness (QED) is 0.102. The number of aromatic nitrogens is 2. The van der Waals surface area contributed by atoms with Gasteiger partial charge in [0.05, 0.1) is 23.2 Å². The number of anilines is 1. The number of hydrogen-bond acceptors (Lipinski definition) is 14. The van der Waals surface area contributed by atoms with E-state index in [-0.39, 0.29) is 55.3 Å². The monoisotopic (exact) mass is 914 g/mol. The minimum atomic E-state index is -3.93. The van der Waals surface area contributed by atoms with E-state index < -0.39 is 77.9 Å². The summed E-state index contributed by atoms with van der Waals surface area (Å²) in [7, 11) is 0. The molecule has 15 nitrogen and oxygen atoms in total. The summed E-state index contributed by atoms with van der Waals surface area (Å²) in [6, 6.07) is 1.11. The van der Waals surface area contributed by atoms with Gasteiger partial charge in [0, 0.05) is 38.4 Å². The van der Waals surface area contributed by atoms with E-state index in [0.29, 0.717) is 40.2 Å². The zero-order chi connectivity index (χ0) is 46.1. The third-order valence-corrected chi connectivity index (χ3v) is 15.4. The van der Waals surface area contributed by atoms with Crippen molar-refractivity contribution in [2.24, 2.45) is 29.1 Å². The second kappa shape index (κ2) is 19.7. The average molecular weight is 915 g/mol. The number of carbonyl (C=O) groups excluding carboxylic acids is 4. The number of amides is 2. The summed E-state index contributed by atoms with van der Waals surface area (Å²) < 4.78 is 46.1. The van der Waals surface area contributed by atoms with Crippen LogP contribution in [0.3, 0.4) is 0 Å². The Balaban J connectivity index is 0.843. The number of imide groups is 1. The highest BCUT2D eigenvalue weighted by Gasteiger charge is 2.60. The van der Waals surface area contributed by atoms with Gasteiger partial charge in [-0.25, -0.2) is 4.79 Å². The number of nitrogens with two attached hydrogens (primary N) is 1. The molecular weight excluding hydrogens is 855 g/mol. The number of aliphatic hydroxyl groups is 3. The molecule has 1 aromatic heterocycles. The number of halogens is 2. The number of alkyl halides is 2. The van der Waals surface area contributed by atoms with E-state index in [4.69, 9.17) is 19.9 Å². The first-order valence-corrected chi connectivity index (χ1v) is 23.4. The largest absolute Gasteiger partial charge is 0.463 e. The van der Waals surface area contributed by atoms with Crippen molar-refractivity contribution in [2.45, 2.75) is 139 Å². The molecule has 2 amide bonds. The van der Waals surface area contributed by atoms with Crippen molar-refractivity contribution in [1.29, 1.82) is 0 Å². The molecule has 2 aliphatic heterocycles. The zero-order valence-electron chi connectivity index (χ0n) is 36.3. The number of esters is 2. The van der Waals surface area contributed by atoms with Crippen molar-refractivity contribution in [3.8, 4) is 0 Å². The SMILES string of the molecule is C=C1/C(=C\C=C2/CCC[C@@]3(C)C2CCC3[C@@H](C)/C=C/C(O)C2CC2)CC(OC(=O)CSC2CC(=O)N(CCCC(=O)OCC3OC(n4ccc(N)nc4=O)C(F)(F)C3O)C2=O)C[C@@H]1O. The lowest BCUT2D eigenvalue weighted by Crippen LogP contribution is -2.42. The third kappa shape index (κ3) is 10.4. The highest BCUT2D eigenvalue weighted by Crippen LogP contribution is 2.59. The van der Waals surface area contributed by atoms with Crippen LogP contribution in [0, 0.1) is 29.1 Å². The lowest BCUT2D eigenvalue weighted by atomic mass is 9.61. The lowest BCUT2D eigenvalue weighted by molar-refractivity contribution is -0.151. The number of rotatable bonds is 16. The molecule has 4 aliphatic carbocycles. The maximum Gasteiger partial charge on any atom is 0.351 e. The van der Waals surface area contributed by atoms with E-state index in [9.17, 15) is 48.1 Å². The van der Waals surface area contributed by atoms with Crippen LogP contribution in [0.5, 0.6) is 0 Å². The van der Waals surface area contributed by atoms with Crippen LogP contribution >= 0.6 is 11.8 Å². The predicted molar refractivity (Wildman–Crippen MR) is 231 cm³/mol. The molecular formula is C46H60F2N4O11S. The van der Waals surface area contributed by atoms with Crippen LogP contribution < -0.4 is 11.4 Å². The summed E-state index contributed by atoms with van der Waals surface area (Å²) in [6.45, 7) is 7.96. The maximum atomic E-state index is 14.8. The molecule has 5 N–H and O–H groups in total. The first-order valence-electron chi connectivity index (χ1n) is 22.4. The second-order valence-corrected chi connectivity index (χ2v) is 19.7. The van der Waals surface area contributed by atoms with Gasteiger partial charge in [-0.2, -0.15) is 13.8 Å². The molecule has 0 radical (unpaired) electrons. The van der Waals surface area contributed by atoms with Crippen molar-refractivity contribution in [3.63, 3.8) is 0 Å². The number of nitrogens with zero attached hydrogens (tertiary/aromatic N) is 3. The summed E-state index contributed by atoms with van der Waals surface area (Å²) in [4.78, 5) is 67.8. The fourth-order valence-electron chi connectivity index (χ4n) is 10.4. The molecule has 4 saturated carbocycles. The molecule has 0 spiro atoms. The number of allylic oxidation sites excluding steroid dienone is 4. The highest BCUT2D eigenvalue weighted by atomic mass is 32.2. The molecule has 8 unspecified atom stereocenters. The number of nitrogen functional groups attached to an aromatic ring is 1. The molecule has 18 heteroatoms. The van der Waals surface area contributed by atoms with Crippen molar-refractivity contribution in [1.82, 2.24) is 14.5 Å². The van der Waals surface area contributed by atoms with Gasteiger partial charge in [-0.3, -0.25) is 28.6 Å². The van der Waals surface area contributed by atoms with Gasteiger partial charge in [-0.15, -0.1) is 11.8 Å². The van der Waals surface area contributed by atoms with Crippen LogP contribution in [0.1, 0.15) is 97.1 Å². The number of hydrogen-bond donors (Lipinski definition) is 4. The van der Waals surface area contributed by atoms with Crippen molar-refractivity contribution in [3.05, 3.63) is 70.3 Å². The van der Waals surface area contributed by atoms with Crippen molar-refractivity contribution < 1.29 is 57.5 Å². The van der Waals surface area contributed by atoms with Gasteiger partial charge in [0.2, 0.25) is 18.0 Å². The van der Waals surface area contributed by atoms with E-state index in [1.165, 1.54) is 5.57 Å². The van der Waals surface area contributed by atoms with Gasteiger partial charge >= 0.3 is 23.6 Å². The van der Waals surface area contributed by atoms with Gasteiger partial charge in [0.1, 0.15) is 24.6 Å². The van der Waals surface area contributed by atoms with Crippen LogP contribution in [0.4, 0.5) is 14.6 Å². The number of fused-ring (bicyclic) bond motifs is 1. The highest BCUT2D eigenvalue weighted by molar-refractivity contribution is 8.01. The molecule has 0 aromatic carbocycles. The molecule has 3 heterocycles. The first kappa shape index (κ1) is 47.7. The summed E-state index contributed by atoms with van der Waals surface area (Å²) in [5, 5.41) is 30.7. The fraction of sp³-hybridized carbons (Fsp3) is 0.652. The third-order valence-electron chi connectivity index (χ3n) is 14.2. The van der Waals surface area contributed by atoms with E-state index in [2.05, 4.69) is 37.6 Å². The Morgan fingerprint density at radius 3 is 2.62 bits per heavy atom. The summed E-state index contributed by atoms with van der Waals surface area (Å²) >= 11 is 0.979. The summed E-state index contributed by atoms with van der Waals surface area (Å²) in [5.74, 6) is -5.00. The lowest BCUT2D eigenvalue weighted by Gasteiger charge is -2.44. The Kier molecular flexibility index (Phi) is 14.7. The molecule has 6 fully saturated rings. The van der Waals surface area contributed by atoms with Gasteiger partial charge in [0.15, 0.2) is 6.10 Å². The van der Waals surface area contributed by atoms with Gasteiger partial charge < -0.3 is 35.3 Å². The summed E-state index contributed by atoms with van der Waals surface area (Å²) in [5.41, 5.74) is 7.28. The smallest absolute Gasteiger partial charge is 0.351 e. The van der Waals surface area contributed by atoms with E-state index in [0.717, 1.165) is 79.4 Å². The molecule has 11 atom stereocenters. The number of aliphatic hydroxyl groups excluding tert-OH is 3. The predicted octanol–water partition coefficient (Wildman–Crippen LogP) is 4.56. The van der Waals surface area contributed by atoms with Crippen molar-refractivity contribution >= 4 is 41.3 Å². The van der Waals surface area contributed by atoms with Crippen LogP contribution in [0.25, 0.3) is 0 Å². The number of thioether (sulfide) groups is 1. The number of ether oxygens (including phenoxy) is 3. The van der Waals surface area contributed by atoms with Crippen molar-refractivity contribution in [2.75, 3.05) is 24.6 Å². The molecule has 7 rings (SSSR count). The number of carbonyl (C=O) groups is 4. The van der Waals surface area contributed by atoms with Crippen LogP contribution in [-0.4, -0.2) is 114 Å². The Hall–Kier alpha value is -4.23. The first-order chi connectivity index (χ1) is 30.4. The van der Waals surface area contributed by atoms with Gasteiger partial charge in [-0.05, 0) is 97.7 Å². The Bertz CT molecular complexity index is 2120. The standard InChI is InChI=1S/C46H60F2N4O11S/c1-25(8-15-33(53)28-10-11-28)31-13-14-32-27(6-4-17-45(31,32)3)9-12-29-20-30(21-34(54)26(29)2)62-40(57)24-64-36-22-38(55)51(42(36)59)18-5-7-39(56)61-23-35-41(58)46(47,48)43(63-35)52-19-16-37(49)50-44(52)60/h8-9,12,15-16,19,25,28,30-36,41,43,53-54,58H,2,4-7,10-11,13-14,17-18,20-24H2,1,3H3,(H2,49,50,60)/b15-8+,27-9+,29-12-/t25-,30?,31?,32?,33?,34-,35?,36?,41?,43?,45+/m0/s1. The second-order valence-electron chi connectivity index (χ2n) is 18.6. The molecule has 1 aromatic rings. The summed E-state index contributed by atoms with van der Waals surface area (Å²) in [6.07, 6.45) is 9.12. The normalized spacial score (nSPS) is 33.9. The topological polar surface area (TPSA) is 221 Å². The number of likely N-dealkylation sites (tertiary alicyclic amines) is 1. The van der Waals surface area contributed by atoms with E-state index in [1.54, 1.807) is 0 Å². The Morgan fingerprint density at radius 1 is 1.12 bits per heavy atom.